The fourth-order valence-electron chi connectivity index (χ4n) is 5.24. The van der Waals surface area contributed by atoms with Gasteiger partial charge in [0.1, 0.15) is 0 Å². The summed E-state index contributed by atoms with van der Waals surface area (Å²) in [6, 6.07) is 14.3. The first kappa shape index (κ1) is 19.0. The molecule has 3 N–H and O–H groups in total. The number of β-amino-alcohol motifs (C(OH)–C–C–N with tert-alkyl or cyclic N) is 1. The number of nitrogens with zero attached hydrogens (tertiary/aromatic N) is 3. The summed E-state index contributed by atoms with van der Waals surface area (Å²) in [6.07, 6.45) is 6.41. The van der Waals surface area contributed by atoms with Gasteiger partial charge in [-0.3, -0.25) is 14.7 Å². The highest BCUT2D eigenvalue weighted by molar-refractivity contribution is 5.90. The Balaban J connectivity index is 1.34. The van der Waals surface area contributed by atoms with Gasteiger partial charge in [0.15, 0.2) is 5.82 Å². The van der Waals surface area contributed by atoms with Gasteiger partial charge < -0.3 is 15.4 Å². The van der Waals surface area contributed by atoms with Crippen LogP contribution in [-0.4, -0.2) is 56.6 Å². The second kappa shape index (κ2) is 7.66. The summed E-state index contributed by atoms with van der Waals surface area (Å²) in [5.74, 6) is 0.483. The van der Waals surface area contributed by atoms with Crippen molar-refractivity contribution in [3.8, 4) is 0 Å². The summed E-state index contributed by atoms with van der Waals surface area (Å²) < 4.78 is 0. The van der Waals surface area contributed by atoms with Gasteiger partial charge in [0.2, 0.25) is 0 Å². The minimum Gasteiger partial charge on any atom is -0.391 e. The molecule has 1 saturated carbocycles. The van der Waals surface area contributed by atoms with Crippen LogP contribution in [0.1, 0.15) is 27.7 Å². The zero-order chi connectivity index (χ0) is 20.6. The van der Waals surface area contributed by atoms with Gasteiger partial charge in [-0.2, -0.15) is 0 Å². The second-order valence-electron chi connectivity index (χ2n) is 8.30. The number of amides is 1. The molecule has 5 rings (SSSR count). The number of imidazole rings is 1. The maximum Gasteiger partial charge on any atom is 0.287 e. The fourth-order valence-corrected chi connectivity index (χ4v) is 5.24. The number of aliphatic hydroxyl groups is 1. The lowest BCUT2D eigenvalue weighted by molar-refractivity contribution is 0.0930. The molecule has 1 aliphatic heterocycles. The van der Waals surface area contributed by atoms with Crippen LogP contribution >= 0.6 is 0 Å². The van der Waals surface area contributed by atoms with E-state index in [9.17, 15) is 9.90 Å². The number of carbonyl (C=O) groups is 1. The molecule has 3 aromatic rings. The molecule has 1 aliphatic carbocycles. The average molecular weight is 403 g/mol. The number of aromatic amines is 1. The van der Waals surface area contributed by atoms with Gasteiger partial charge in [0.05, 0.1) is 6.10 Å². The van der Waals surface area contributed by atoms with Gasteiger partial charge in [-0.05, 0) is 29.0 Å². The van der Waals surface area contributed by atoms with E-state index in [0.29, 0.717) is 18.9 Å². The fraction of sp³-hybridized carbons (Fsp3) is 0.348. The monoisotopic (exact) mass is 403 g/mol. The summed E-state index contributed by atoms with van der Waals surface area (Å²) in [6.45, 7) is 2.70. The number of carbonyl (C=O) groups excluding carboxylic acids is 1. The molecule has 7 nitrogen and oxygen atoms in total. The maximum atomic E-state index is 12.4. The molecule has 30 heavy (non-hydrogen) atoms. The van der Waals surface area contributed by atoms with Gasteiger partial charge in [0.25, 0.3) is 5.91 Å². The SMILES string of the molecule is O=C(NC[C@@H]1[C@@H](c2ccccc2)[C@]12CN(Cc1cccnc1)C[C@H]2O)c1ncc[nH]1. The summed E-state index contributed by atoms with van der Waals surface area (Å²) in [7, 11) is 0. The molecule has 1 aromatic carbocycles. The molecule has 2 fully saturated rings. The van der Waals surface area contributed by atoms with Gasteiger partial charge in [-0.1, -0.05) is 36.4 Å². The molecular formula is C23H25N5O2. The largest absolute Gasteiger partial charge is 0.391 e. The summed E-state index contributed by atoms with van der Waals surface area (Å²) in [5.41, 5.74) is 2.11. The zero-order valence-electron chi connectivity index (χ0n) is 16.6. The lowest BCUT2D eigenvalue weighted by Crippen LogP contribution is -2.30. The number of nitrogens with one attached hydrogen (secondary N) is 2. The number of aromatic nitrogens is 3. The van der Waals surface area contributed by atoms with E-state index in [2.05, 4.69) is 43.4 Å². The molecule has 2 aliphatic rings. The zero-order valence-corrected chi connectivity index (χ0v) is 16.6. The molecule has 0 unspecified atom stereocenters. The molecule has 1 amide bonds. The van der Waals surface area contributed by atoms with Crippen LogP contribution in [0.25, 0.3) is 0 Å². The van der Waals surface area contributed by atoms with Crippen molar-refractivity contribution in [3.63, 3.8) is 0 Å². The van der Waals surface area contributed by atoms with Gasteiger partial charge in [-0.25, -0.2) is 4.98 Å². The van der Waals surface area contributed by atoms with E-state index in [-0.39, 0.29) is 23.2 Å². The molecule has 2 aromatic heterocycles. The highest BCUT2D eigenvalue weighted by Gasteiger charge is 2.70. The van der Waals surface area contributed by atoms with Crippen LogP contribution in [0.2, 0.25) is 0 Å². The van der Waals surface area contributed by atoms with Crippen molar-refractivity contribution in [1.29, 1.82) is 0 Å². The summed E-state index contributed by atoms with van der Waals surface area (Å²) >= 11 is 0. The van der Waals surface area contributed by atoms with E-state index in [1.807, 2.05) is 30.5 Å². The Morgan fingerprint density at radius 2 is 2.10 bits per heavy atom. The van der Waals surface area contributed by atoms with Crippen molar-refractivity contribution in [1.82, 2.24) is 25.2 Å². The van der Waals surface area contributed by atoms with Crippen molar-refractivity contribution >= 4 is 5.91 Å². The molecule has 0 bridgehead atoms. The molecule has 0 radical (unpaired) electrons. The first-order valence-corrected chi connectivity index (χ1v) is 10.3. The first-order valence-electron chi connectivity index (χ1n) is 10.3. The average Bonchev–Trinajstić information content (AvgIpc) is 3.07. The minimum atomic E-state index is -0.440. The van der Waals surface area contributed by atoms with E-state index in [4.69, 9.17) is 0 Å². The van der Waals surface area contributed by atoms with Gasteiger partial charge >= 0.3 is 0 Å². The number of benzene rings is 1. The van der Waals surface area contributed by atoms with E-state index >= 15 is 0 Å². The molecule has 154 valence electrons. The Bertz CT molecular complexity index is 995. The highest BCUT2D eigenvalue weighted by atomic mass is 16.3. The van der Waals surface area contributed by atoms with E-state index < -0.39 is 6.10 Å². The first-order chi connectivity index (χ1) is 14.7. The molecule has 7 heteroatoms. The van der Waals surface area contributed by atoms with E-state index in [1.54, 1.807) is 18.6 Å². The Morgan fingerprint density at radius 1 is 1.23 bits per heavy atom. The third kappa shape index (κ3) is 3.30. The van der Waals surface area contributed by atoms with Crippen LogP contribution in [0.5, 0.6) is 0 Å². The van der Waals surface area contributed by atoms with E-state index in [1.165, 1.54) is 5.56 Å². The van der Waals surface area contributed by atoms with Crippen LogP contribution in [0, 0.1) is 11.3 Å². The lowest BCUT2D eigenvalue weighted by Gasteiger charge is -2.16. The van der Waals surface area contributed by atoms with Crippen molar-refractivity contribution in [2.45, 2.75) is 18.6 Å². The van der Waals surface area contributed by atoms with Gasteiger partial charge in [0, 0.05) is 56.4 Å². The Hall–Kier alpha value is -3.03. The second-order valence-corrected chi connectivity index (χ2v) is 8.30. The van der Waals surface area contributed by atoms with E-state index in [0.717, 1.165) is 18.7 Å². The molecule has 3 heterocycles. The number of aliphatic hydroxyl groups excluding tert-OH is 1. The van der Waals surface area contributed by atoms with Crippen LogP contribution in [-0.2, 0) is 6.54 Å². The number of pyridine rings is 1. The normalized spacial score (nSPS) is 28.0. The van der Waals surface area contributed by atoms with Crippen molar-refractivity contribution in [2.24, 2.45) is 11.3 Å². The Morgan fingerprint density at radius 3 is 2.83 bits per heavy atom. The van der Waals surface area contributed by atoms with Crippen molar-refractivity contribution in [2.75, 3.05) is 19.6 Å². The van der Waals surface area contributed by atoms with Crippen LogP contribution in [0.4, 0.5) is 0 Å². The third-order valence-electron chi connectivity index (χ3n) is 6.60. The Labute approximate surface area is 175 Å². The number of likely N-dealkylation sites (tertiary alicyclic amines) is 1. The molecule has 1 saturated heterocycles. The predicted molar refractivity (Wildman–Crippen MR) is 112 cm³/mol. The summed E-state index contributed by atoms with van der Waals surface area (Å²) in [5, 5.41) is 14.1. The van der Waals surface area contributed by atoms with Crippen LogP contribution in [0.3, 0.4) is 0 Å². The predicted octanol–water partition coefficient (Wildman–Crippen LogP) is 1.81. The minimum absolute atomic E-state index is 0.174. The molecular weight excluding hydrogens is 378 g/mol. The van der Waals surface area contributed by atoms with Crippen LogP contribution < -0.4 is 5.32 Å². The van der Waals surface area contributed by atoms with Crippen molar-refractivity contribution in [3.05, 3.63) is 84.2 Å². The maximum absolute atomic E-state index is 12.4. The number of rotatable bonds is 6. The van der Waals surface area contributed by atoms with Gasteiger partial charge in [-0.15, -0.1) is 0 Å². The Kier molecular flexibility index (Phi) is 4.84. The number of hydrogen-bond acceptors (Lipinski definition) is 5. The van der Waals surface area contributed by atoms with Crippen molar-refractivity contribution < 1.29 is 9.90 Å². The highest BCUT2D eigenvalue weighted by Crippen LogP contribution is 2.68. The standard InChI is InChI=1S/C23H25N5O2/c29-19-14-28(13-16-5-4-8-24-11-16)15-23(19)18(20(23)17-6-2-1-3-7-17)12-27-22(30)21-25-9-10-26-21/h1-11,18-20,29H,12-15H2,(H,25,26)(H,27,30)/t18-,19-,20-,23-/m1/s1. The smallest absolute Gasteiger partial charge is 0.287 e. The summed E-state index contributed by atoms with van der Waals surface area (Å²) in [4.78, 5) is 25.8. The molecule has 1 spiro atoms. The van der Waals surface area contributed by atoms with Crippen LogP contribution in [0.15, 0.2) is 67.3 Å². The molecule has 4 atom stereocenters. The number of H-pyrrole nitrogens is 1. The number of hydrogen-bond donors (Lipinski definition) is 3. The quantitative estimate of drug-likeness (QED) is 0.584. The third-order valence-corrected chi connectivity index (χ3v) is 6.60. The topological polar surface area (TPSA) is 94.1 Å². The lowest BCUT2D eigenvalue weighted by atomic mass is 9.95.